The van der Waals surface area contributed by atoms with Crippen LogP contribution in [-0.2, 0) is 11.3 Å². The monoisotopic (exact) mass is 255 g/mol. The minimum Gasteiger partial charge on any atom is -0.493 e. The van der Waals surface area contributed by atoms with Crippen molar-refractivity contribution in [1.29, 1.82) is 0 Å². The van der Waals surface area contributed by atoms with E-state index in [1.165, 1.54) is 6.08 Å². The van der Waals surface area contributed by atoms with Crippen molar-refractivity contribution in [3.05, 3.63) is 22.7 Å². The minimum absolute atomic E-state index is 0.0208. The fraction of sp³-hybridized carbons (Fsp3) is 0.417. The van der Waals surface area contributed by atoms with Crippen LogP contribution in [0.2, 0.25) is 5.02 Å². The zero-order chi connectivity index (χ0) is 12.8. The molecule has 0 aliphatic carbocycles. The normalized spacial score (nSPS) is 9.94. The van der Waals surface area contributed by atoms with E-state index in [0.717, 1.165) is 0 Å². The van der Waals surface area contributed by atoms with Crippen LogP contribution in [0.15, 0.2) is 17.1 Å². The molecule has 0 heterocycles. The summed E-state index contributed by atoms with van der Waals surface area (Å²) in [6, 6.07) is 3.37. The van der Waals surface area contributed by atoms with E-state index in [1.54, 1.807) is 19.2 Å². The molecule has 17 heavy (non-hydrogen) atoms. The maximum Gasteiger partial charge on any atom is 0.235 e. The number of benzene rings is 1. The summed E-state index contributed by atoms with van der Waals surface area (Å²) in [6.45, 7) is 4.01. The van der Waals surface area contributed by atoms with Gasteiger partial charge in [-0.2, -0.15) is 0 Å². The molecule has 0 saturated carbocycles. The molecule has 0 amide bonds. The summed E-state index contributed by atoms with van der Waals surface area (Å²) in [5.41, 5.74) is 0.700. The van der Waals surface area contributed by atoms with Crippen molar-refractivity contribution >= 4 is 17.7 Å². The number of carbonyl (C=O) groups excluding carboxylic acids is 1. The number of methoxy groups -OCH3 is 1. The first-order valence-corrected chi connectivity index (χ1v) is 5.53. The van der Waals surface area contributed by atoms with Crippen molar-refractivity contribution in [2.24, 2.45) is 4.99 Å². The van der Waals surface area contributed by atoms with Crippen molar-refractivity contribution < 1.29 is 14.3 Å². The standard InChI is InChI=1S/C12H14ClNO3/c1-8(2)17-12-4-9(6-14-7-15)10(13)5-11(12)16-3/h4-5,8H,6H2,1-3H3. The molecule has 0 radical (unpaired) electrons. The molecular weight excluding hydrogens is 242 g/mol. The van der Waals surface area contributed by atoms with Gasteiger partial charge in [0, 0.05) is 11.1 Å². The van der Waals surface area contributed by atoms with Crippen LogP contribution in [0.3, 0.4) is 0 Å². The van der Waals surface area contributed by atoms with Crippen molar-refractivity contribution in [1.82, 2.24) is 0 Å². The van der Waals surface area contributed by atoms with E-state index >= 15 is 0 Å². The van der Waals surface area contributed by atoms with Crippen LogP contribution in [0.5, 0.6) is 11.5 Å². The fourth-order valence-corrected chi connectivity index (χ4v) is 1.53. The summed E-state index contributed by atoms with van der Waals surface area (Å²) in [5, 5.41) is 0.483. The van der Waals surface area contributed by atoms with Gasteiger partial charge >= 0.3 is 0 Å². The fourth-order valence-electron chi connectivity index (χ4n) is 1.32. The van der Waals surface area contributed by atoms with Crippen LogP contribution in [-0.4, -0.2) is 19.3 Å². The average molecular weight is 256 g/mol. The minimum atomic E-state index is 0.0208. The van der Waals surface area contributed by atoms with Gasteiger partial charge in [-0.05, 0) is 25.5 Å². The van der Waals surface area contributed by atoms with E-state index < -0.39 is 0 Å². The Hall–Kier alpha value is -1.51. The summed E-state index contributed by atoms with van der Waals surface area (Å²) in [5.74, 6) is 1.14. The highest BCUT2D eigenvalue weighted by Gasteiger charge is 2.11. The number of hydrogen-bond donors (Lipinski definition) is 0. The number of aliphatic imine (C=N–C) groups is 1. The largest absolute Gasteiger partial charge is 0.493 e. The third-order valence-electron chi connectivity index (χ3n) is 2.01. The lowest BCUT2D eigenvalue weighted by Gasteiger charge is -2.15. The van der Waals surface area contributed by atoms with Crippen LogP contribution in [0, 0.1) is 0 Å². The Morgan fingerprint density at radius 3 is 2.65 bits per heavy atom. The molecule has 0 aromatic heterocycles. The lowest BCUT2D eigenvalue weighted by molar-refractivity contribution is 0.230. The van der Waals surface area contributed by atoms with Crippen molar-refractivity contribution in [2.75, 3.05) is 7.11 Å². The third-order valence-corrected chi connectivity index (χ3v) is 2.36. The van der Waals surface area contributed by atoms with Gasteiger partial charge in [0.1, 0.15) is 0 Å². The highest BCUT2D eigenvalue weighted by atomic mass is 35.5. The van der Waals surface area contributed by atoms with Crippen LogP contribution >= 0.6 is 11.6 Å². The molecule has 0 aliphatic rings. The molecule has 0 bridgehead atoms. The van der Waals surface area contributed by atoms with Gasteiger partial charge in [0.25, 0.3) is 0 Å². The summed E-state index contributed by atoms with van der Waals surface area (Å²) >= 11 is 6.03. The highest BCUT2D eigenvalue weighted by molar-refractivity contribution is 6.31. The van der Waals surface area contributed by atoms with E-state index in [0.29, 0.717) is 22.1 Å². The van der Waals surface area contributed by atoms with Crippen molar-refractivity contribution in [3.63, 3.8) is 0 Å². The van der Waals surface area contributed by atoms with E-state index in [1.807, 2.05) is 13.8 Å². The zero-order valence-corrected chi connectivity index (χ0v) is 10.7. The second-order valence-electron chi connectivity index (χ2n) is 3.67. The number of rotatable bonds is 5. The SMILES string of the molecule is COc1cc(Cl)c(CN=C=O)cc1OC(C)C. The van der Waals surface area contributed by atoms with Gasteiger partial charge in [-0.3, -0.25) is 0 Å². The van der Waals surface area contributed by atoms with Crippen molar-refractivity contribution in [3.8, 4) is 11.5 Å². The number of halogens is 1. The van der Waals surface area contributed by atoms with E-state index in [9.17, 15) is 4.79 Å². The van der Waals surface area contributed by atoms with E-state index in [4.69, 9.17) is 21.1 Å². The smallest absolute Gasteiger partial charge is 0.235 e. The van der Waals surface area contributed by atoms with Crippen LogP contribution in [0.1, 0.15) is 19.4 Å². The van der Waals surface area contributed by atoms with Gasteiger partial charge in [0.2, 0.25) is 6.08 Å². The molecule has 92 valence electrons. The number of hydrogen-bond acceptors (Lipinski definition) is 4. The van der Waals surface area contributed by atoms with E-state index in [2.05, 4.69) is 4.99 Å². The Labute approximate surface area is 105 Å². The molecule has 1 aromatic rings. The van der Waals surface area contributed by atoms with Crippen molar-refractivity contribution in [2.45, 2.75) is 26.5 Å². The first-order valence-electron chi connectivity index (χ1n) is 5.15. The predicted octanol–water partition coefficient (Wildman–Crippen LogP) is 2.97. The molecule has 1 rings (SSSR count). The summed E-state index contributed by atoms with van der Waals surface area (Å²) in [6.07, 6.45) is 1.50. The Bertz CT molecular complexity index is 440. The molecule has 0 saturated heterocycles. The maximum absolute atomic E-state index is 10.1. The van der Waals surface area contributed by atoms with Gasteiger partial charge in [-0.25, -0.2) is 9.79 Å². The van der Waals surface area contributed by atoms with E-state index in [-0.39, 0.29) is 12.6 Å². The van der Waals surface area contributed by atoms with Gasteiger partial charge in [0.15, 0.2) is 11.5 Å². The number of isocyanates is 1. The molecule has 0 spiro atoms. The Balaban J connectivity index is 3.12. The number of nitrogens with zero attached hydrogens (tertiary/aromatic N) is 1. The molecule has 1 aromatic carbocycles. The second-order valence-corrected chi connectivity index (χ2v) is 4.08. The molecule has 0 aliphatic heterocycles. The Kier molecular flexibility index (Phi) is 5.01. The molecule has 0 unspecified atom stereocenters. The summed E-state index contributed by atoms with van der Waals surface area (Å²) in [4.78, 5) is 13.6. The maximum atomic E-state index is 10.1. The molecule has 5 heteroatoms. The van der Waals surface area contributed by atoms with Gasteiger partial charge in [-0.1, -0.05) is 11.6 Å². The summed E-state index contributed by atoms with van der Waals surface area (Å²) in [7, 11) is 1.54. The van der Waals surface area contributed by atoms with Crippen LogP contribution < -0.4 is 9.47 Å². The summed E-state index contributed by atoms with van der Waals surface area (Å²) < 4.78 is 10.8. The molecule has 4 nitrogen and oxygen atoms in total. The topological polar surface area (TPSA) is 47.9 Å². The Morgan fingerprint density at radius 1 is 1.41 bits per heavy atom. The molecule has 0 atom stereocenters. The zero-order valence-electron chi connectivity index (χ0n) is 9.99. The van der Waals surface area contributed by atoms with Gasteiger partial charge in [-0.15, -0.1) is 0 Å². The molecule has 0 N–H and O–H groups in total. The average Bonchev–Trinajstić information content (AvgIpc) is 2.28. The lowest BCUT2D eigenvalue weighted by atomic mass is 10.2. The van der Waals surface area contributed by atoms with Gasteiger partial charge < -0.3 is 9.47 Å². The first-order chi connectivity index (χ1) is 8.08. The Morgan fingerprint density at radius 2 is 2.12 bits per heavy atom. The molecule has 0 fully saturated rings. The third kappa shape index (κ3) is 3.77. The van der Waals surface area contributed by atoms with Crippen LogP contribution in [0.4, 0.5) is 0 Å². The van der Waals surface area contributed by atoms with Crippen LogP contribution in [0.25, 0.3) is 0 Å². The van der Waals surface area contributed by atoms with Gasteiger partial charge in [0.05, 0.1) is 19.8 Å². The second kappa shape index (κ2) is 6.28. The number of ether oxygens (including phenoxy) is 2. The first kappa shape index (κ1) is 13.6. The lowest BCUT2D eigenvalue weighted by Crippen LogP contribution is -2.07. The quantitative estimate of drug-likeness (QED) is 0.600. The predicted molar refractivity (Wildman–Crippen MR) is 65.6 cm³/mol. The molecular formula is C12H14ClNO3. The highest BCUT2D eigenvalue weighted by Crippen LogP contribution is 2.34.